The molecule has 1 heterocycles. The average molecular weight is 678 g/mol. The second-order valence-corrected chi connectivity index (χ2v) is 9.34. The molecule has 0 spiro atoms. The minimum absolute atomic E-state index is 0.0503. The van der Waals surface area contributed by atoms with Crippen molar-refractivity contribution < 1.29 is 61.8 Å². The summed E-state index contributed by atoms with van der Waals surface area (Å²) in [5.41, 5.74) is 8.13. The summed E-state index contributed by atoms with van der Waals surface area (Å²) in [6, 6.07) is 0. The lowest BCUT2D eigenvalue weighted by atomic mass is 10.3. The van der Waals surface area contributed by atoms with Crippen molar-refractivity contribution in [3.05, 3.63) is 22.6 Å². The van der Waals surface area contributed by atoms with Crippen LogP contribution in [0.15, 0.2) is 17.3 Å². The Balaban J connectivity index is 1.65. The van der Waals surface area contributed by atoms with Crippen LogP contribution in [0, 0.1) is 0 Å². The predicted molar refractivity (Wildman–Crippen MR) is 166 cm³/mol. The highest BCUT2D eigenvalue weighted by molar-refractivity contribution is 6.13. The molecule has 1 aliphatic rings. The third-order valence-corrected chi connectivity index (χ3v) is 5.78. The Morgan fingerprint density at radius 1 is 0.574 bits per heavy atom. The number of hydrogen-bond acceptors (Lipinski definition) is 14. The van der Waals surface area contributed by atoms with Gasteiger partial charge in [-0.05, 0) is 5.53 Å². The van der Waals surface area contributed by atoms with Gasteiger partial charge in [0.05, 0.1) is 132 Å². The van der Waals surface area contributed by atoms with E-state index in [1.807, 2.05) is 0 Å². The second kappa shape index (κ2) is 33.2. The van der Waals surface area contributed by atoms with Crippen LogP contribution in [0.3, 0.4) is 0 Å². The van der Waals surface area contributed by atoms with Gasteiger partial charge in [0, 0.05) is 43.1 Å². The molecule has 0 unspecified atom stereocenters. The number of nitrogens with zero attached hydrogens (tertiary/aromatic N) is 4. The van der Waals surface area contributed by atoms with Gasteiger partial charge in [-0.1, -0.05) is 5.11 Å². The number of carbonyl (C=O) groups excluding carboxylic acids is 3. The predicted octanol–water partition coefficient (Wildman–Crippen LogP) is -0.106. The lowest BCUT2D eigenvalue weighted by Gasteiger charge is -2.13. The van der Waals surface area contributed by atoms with Gasteiger partial charge >= 0.3 is 0 Å². The Labute approximate surface area is 275 Å². The lowest BCUT2D eigenvalue weighted by Crippen LogP contribution is -2.35. The Bertz CT molecular complexity index is 859. The molecule has 18 heteroatoms. The first-order chi connectivity index (χ1) is 23.1. The van der Waals surface area contributed by atoms with E-state index < -0.39 is 11.8 Å². The summed E-state index contributed by atoms with van der Waals surface area (Å²) in [7, 11) is 0. The van der Waals surface area contributed by atoms with E-state index in [-0.39, 0.29) is 18.9 Å². The molecule has 0 aromatic rings. The quantitative estimate of drug-likeness (QED) is 0.0302. The maximum atomic E-state index is 11.8. The van der Waals surface area contributed by atoms with Crippen molar-refractivity contribution in [3.63, 3.8) is 0 Å². The number of hydrogen-bond donors (Lipinski definition) is 1. The standard InChI is InChI=1S/C29H51N5O13/c30-33-32-5-8-39-10-12-41-14-16-43-18-20-45-22-24-47-26-25-46-23-21-44-19-17-42-15-13-40-11-9-38-7-4-31-27(35)3-6-34-28(36)1-2-29(34)37/h1-2H,3-26H2,(H,31,35). The van der Waals surface area contributed by atoms with Crippen LogP contribution in [0.5, 0.6) is 0 Å². The van der Waals surface area contributed by atoms with E-state index in [2.05, 4.69) is 15.3 Å². The van der Waals surface area contributed by atoms with Crippen LogP contribution < -0.4 is 5.32 Å². The highest BCUT2D eigenvalue weighted by atomic mass is 16.6. The molecule has 0 aromatic heterocycles. The van der Waals surface area contributed by atoms with Crippen LogP contribution in [-0.2, 0) is 61.8 Å². The largest absolute Gasteiger partial charge is 0.379 e. The summed E-state index contributed by atoms with van der Waals surface area (Å²) in [6.45, 7) is 9.65. The third-order valence-electron chi connectivity index (χ3n) is 5.78. The highest BCUT2D eigenvalue weighted by Crippen LogP contribution is 2.03. The second-order valence-electron chi connectivity index (χ2n) is 9.34. The molecule has 3 amide bonds. The molecule has 1 N–H and O–H groups in total. The summed E-state index contributed by atoms with van der Waals surface area (Å²) in [6.07, 6.45) is 2.43. The fourth-order valence-corrected chi connectivity index (χ4v) is 3.45. The minimum Gasteiger partial charge on any atom is -0.379 e. The third kappa shape index (κ3) is 28.0. The molecule has 0 aliphatic carbocycles. The molecular weight excluding hydrogens is 626 g/mol. The molecular formula is C29H51N5O13. The lowest BCUT2D eigenvalue weighted by molar-refractivity contribution is -0.137. The fraction of sp³-hybridized carbons (Fsp3) is 0.828. The molecule has 0 bridgehead atoms. The summed E-state index contributed by atoms with van der Waals surface area (Å²) in [5, 5.41) is 6.04. The van der Waals surface area contributed by atoms with Gasteiger partial charge in [0.15, 0.2) is 0 Å². The zero-order valence-corrected chi connectivity index (χ0v) is 27.2. The maximum Gasteiger partial charge on any atom is 0.253 e. The number of nitrogens with one attached hydrogen (secondary N) is 1. The fourth-order valence-electron chi connectivity index (χ4n) is 3.45. The van der Waals surface area contributed by atoms with Crippen molar-refractivity contribution in [2.24, 2.45) is 5.11 Å². The normalized spacial score (nSPS) is 12.6. The Hall–Kier alpha value is -2.74. The summed E-state index contributed by atoms with van der Waals surface area (Å²) in [5.74, 6) is -1.05. The van der Waals surface area contributed by atoms with Gasteiger partial charge in [-0.3, -0.25) is 19.3 Å². The van der Waals surface area contributed by atoms with E-state index in [0.717, 1.165) is 4.90 Å². The molecule has 0 saturated heterocycles. The van der Waals surface area contributed by atoms with E-state index in [4.69, 9.17) is 52.9 Å². The van der Waals surface area contributed by atoms with Crippen molar-refractivity contribution in [1.29, 1.82) is 0 Å². The Kier molecular flexibility index (Phi) is 29.8. The molecule has 0 saturated carbocycles. The summed E-state index contributed by atoms with van der Waals surface area (Å²) in [4.78, 5) is 38.3. The van der Waals surface area contributed by atoms with Gasteiger partial charge in [-0.15, -0.1) is 0 Å². The zero-order valence-electron chi connectivity index (χ0n) is 27.2. The van der Waals surface area contributed by atoms with Crippen molar-refractivity contribution in [2.75, 3.05) is 152 Å². The molecule has 0 atom stereocenters. The van der Waals surface area contributed by atoms with E-state index >= 15 is 0 Å². The van der Waals surface area contributed by atoms with Crippen molar-refractivity contribution in [1.82, 2.24) is 10.2 Å². The first-order valence-electron chi connectivity index (χ1n) is 15.7. The number of amides is 3. The molecule has 270 valence electrons. The number of ether oxygens (including phenoxy) is 10. The maximum absolute atomic E-state index is 11.8. The van der Waals surface area contributed by atoms with E-state index in [0.29, 0.717) is 145 Å². The SMILES string of the molecule is [N-]=[N+]=NCCOCCOCCOCCOCCOCCOCCOCCOCCOCCOCCNC(=O)CCN1C(=O)C=CC1=O. The van der Waals surface area contributed by atoms with Gasteiger partial charge in [0.25, 0.3) is 11.8 Å². The molecule has 0 aromatic carbocycles. The molecule has 18 nitrogen and oxygen atoms in total. The van der Waals surface area contributed by atoms with E-state index in [9.17, 15) is 14.4 Å². The van der Waals surface area contributed by atoms with Crippen molar-refractivity contribution in [2.45, 2.75) is 6.42 Å². The Morgan fingerprint density at radius 3 is 1.23 bits per heavy atom. The van der Waals surface area contributed by atoms with Gasteiger partial charge < -0.3 is 52.7 Å². The Morgan fingerprint density at radius 2 is 0.894 bits per heavy atom. The molecule has 0 fully saturated rings. The molecule has 1 rings (SSSR count). The number of rotatable bonds is 36. The topological polar surface area (TPSA) is 208 Å². The molecule has 47 heavy (non-hydrogen) atoms. The van der Waals surface area contributed by atoms with Crippen LogP contribution in [0.2, 0.25) is 0 Å². The van der Waals surface area contributed by atoms with E-state index in [1.165, 1.54) is 12.2 Å². The smallest absolute Gasteiger partial charge is 0.253 e. The number of azide groups is 1. The first-order valence-corrected chi connectivity index (χ1v) is 15.7. The van der Waals surface area contributed by atoms with Gasteiger partial charge in [0.2, 0.25) is 5.91 Å². The first kappa shape index (κ1) is 42.3. The van der Waals surface area contributed by atoms with Crippen molar-refractivity contribution >= 4 is 17.7 Å². The van der Waals surface area contributed by atoms with Gasteiger partial charge in [0.1, 0.15) is 0 Å². The van der Waals surface area contributed by atoms with Crippen LogP contribution in [0.1, 0.15) is 6.42 Å². The van der Waals surface area contributed by atoms with Crippen LogP contribution in [0.4, 0.5) is 0 Å². The van der Waals surface area contributed by atoms with Crippen LogP contribution in [-0.4, -0.2) is 174 Å². The number of carbonyl (C=O) groups is 3. The number of imide groups is 1. The van der Waals surface area contributed by atoms with E-state index in [1.54, 1.807) is 0 Å². The summed E-state index contributed by atoms with van der Waals surface area (Å²) >= 11 is 0. The average Bonchev–Trinajstić information content (AvgIpc) is 3.39. The monoisotopic (exact) mass is 677 g/mol. The highest BCUT2D eigenvalue weighted by Gasteiger charge is 2.23. The van der Waals surface area contributed by atoms with Gasteiger partial charge in [-0.25, -0.2) is 0 Å². The van der Waals surface area contributed by atoms with Gasteiger partial charge in [-0.2, -0.15) is 0 Å². The van der Waals surface area contributed by atoms with Crippen LogP contribution in [0.25, 0.3) is 10.4 Å². The molecule has 0 radical (unpaired) electrons. The minimum atomic E-state index is -0.399. The summed E-state index contributed by atoms with van der Waals surface area (Å²) < 4.78 is 54.0. The molecule has 1 aliphatic heterocycles. The van der Waals surface area contributed by atoms with Crippen molar-refractivity contribution in [3.8, 4) is 0 Å². The van der Waals surface area contributed by atoms with Crippen LogP contribution >= 0.6 is 0 Å². The zero-order chi connectivity index (χ0) is 33.9.